The predicted octanol–water partition coefficient (Wildman–Crippen LogP) is 11.1. The number of hydrogen-bond acceptors (Lipinski definition) is 3. The molecule has 0 spiro atoms. The molecule has 0 bridgehead atoms. The second-order valence-electron chi connectivity index (χ2n) is 11.8. The third-order valence-electron chi connectivity index (χ3n) is 9.06. The van der Waals surface area contributed by atoms with E-state index in [9.17, 15) is 0 Å². The number of benzene rings is 6. The van der Waals surface area contributed by atoms with Crippen molar-refractivity contribution in [3.8, 4) is 16.8 Å². The summed E-state index contributed by atoms with van der Waals surface area (Å²) in [6, 6.07) is 50.1. The highest BCUT2D eigenvalue weighted by atomic mass is 16.3. The fourth-order valence-electron chi connectivity index (χ4n) is 6.77. The third kappa shape index (κ3) is 4.89. The molecule has 5 heteroatoms. The molecule has 0 aliphatic rings. The summed E-state index contributed by atoms with van der Waals surface area (Å²) in [7, 11) is 2.16. The van der Waals surface area contributed by atoms with E-state index in [0.29, 0.717) is 17.2 Å². The Labute approximate surface area is 278 Å². The smallest absolute Gasteiger partial charge is 0.177 e. The lowest BCUT2D eigenvalue weighted by molar-refractivity contribution is 0.558. The van der Waals surface area contributed by atoms with Crippen LogP contribution >= 0.6 is 0 Å². The van der Waals surface area contributed by atoms with Crippen LogP contribution in [0.25, 0.3) is 60.3 Å². The molecular weight excluding hydrogens is 589 g/mol. The summed E-state index contributed by atoms with van der Waals surface area (Å²) >= 11 is 0. The van der Waals surface area contributed by atoms with E-state index in [1.165, 1.54) is 55.4 Å². The van der Waals surface area contributed by atoms with Crippen molar-refractivity contribution in [2.24, 2.45) is 12.0 Å². The minimum Gasteiger partial charge on any atom is -0.460 e. The van der Waals surface area contributed by atoms with Crippen LogP contribution in [0.4, 0.5) is 5.69 Å². The van der Waals surface area contributed by atoms with Crippen molar-refractivity contribution in [1.29, 1.82) is 5.41 Å². The van der Waals surface area contributed by atoms with Crippen molar-refractivity contribution in [3.63, 3.8) is 0 Å². The van der Waals surface area contributed by atoms with Crippen LogP contribution in [0.15, 0.2) is 167 Å². The van der Waals surface area contributed by atoms with E-state index in [1.807, 2.05) is 30.3 Å². The third-order valence-corrected chi connectivity index (χ3v) is 9.06. The molecule has 0 aliphatic carbocycles. The molecule has 1 N–H and O–H groups in total. The van der Waals surface area contributed by atoms with E-state index in [1.54, 1.807) is 6.07 Å². The summed E-state index contributed by atoms with van der Waals surface area (Å²) in [6.45, 7) is 3.53. The van der Waals surface area contributed by atoms with E-state index in [4.69, 9.17) is 9.83 Å². The second-order valence-corrected chi connectivity index (χ2v) is 11.8. The highest BCUT2D eigenvalue weighted by molar-refractivity contribution is 6.17. The first-order valence-corrected chi connectivity index (χ1v) is 15.9. The van der Waals surface area contributed by atoms with Gasteiger partial charge in [-0.05, 0) is 65.0 Å². The lowest BCUT2D eigenvalue weighted by Gasteiger charge is -2.09. The van der Waals surface area contributed by atoms with Crippen LogP contribution < -0.4 is 0 Å². The highest BCUT2D eigenvalue weighted by Crippen LogP contribution is 2.35. The minimum atomic E-state index is 0.300. The number of furan rings is 1. The Kier molecular flexibility index (Phi) is 7.27. The maximum atomic E-state index is 8.47. The van der Waals surface area contributed by atoms with Gasteiger partial charge in [0.05, 0.1) is 17.3 Å². The minimum absolute atomic E-state index is 0.300. The van der Waals surface area contributed by atoms with Crippen molar-refractivity contribution in [1.82, 2.24) is 9.13 Å². The van der Waals surface area contributed by atoms with Gasteiger partial charge in [-0.3, -0.25) is 10.4 Å². The maximum Gasteiger partial charge on any atom is 0.177 e. The molecule has 6 aromatic carbocycles. The van der Waals surface area contributed by atoms with Crippen molar-refractivity contribution in [3.05, 3.63) is 169 Å². The molecular formula is C43H32N4O. The molecule has 0 atom stereocenters. The number of nitrogens with one attached hydrogen (secondary N) is 1. The first-order valence-electron chi connectivity index (χ1n) is 15.9. The van der Waals surface area contributed by atoms with Crippen molar-refractivity contribution < 1.29 is 4.42 Å². The molecule has 0 saturated carbocycles. The molecule has 9 aromatic rings. The zero-order chi connectivity index (χ0) is 32.6. The molecule has 9 rings (SSSR count). The van der Waals surface area contributed by atoms with E-state index in [0.717, 1.165) is 16.7 Å². The Balaban J connectivity index is 0.000000140. The van der Waals surface area contributed by atoms with Gasteiger partial charge in [0.15, 0.2) is 5.76 Å². The number of aromatic nitrogens is 2. The monoisotopic (exact) mass is 620 g/mol. The molecule has 0 radical (unpaired) electrons. The van der Waals surface area contributed by atoms with Crippen LogP contribution in [0, 0.1) is 5.41 Å². The van der Waals surface area contributed by atoms with E-state index in [2.05, 4.69) is 143 Å². The summed E-state index contributed by atoms with van der Waals surface area (Å²) in [4.78, 5) is 3.91. The number of fused-ring (bicyclic) bond motifs is 6. The summed E-state index contributed by atoms with van der Waals surface area (Å²) < 4.78 is 9.99. The number of para-hydroxylation sites is 2. The highest BCUT2D eigenvalue weighted by Gasteiger charge is 2.15. The Morgan fingerprint density at radius 1 is 0.667 bits per heavy atom. The Hall–Kier alpha value is -6.46. The maximum absolute atomic E-state index is 8.47. The van der Waals surface area contributed by atoms with Gasteiger partial charge in [0, 0.05) is 52.2 Å². The largest absolute Gasteiger partial charge is 0.460 e. The molecule has 0 fully saturated rings. The number of aliphatic imine (C=N–C) groups is 1. The Morgan fingerprint density at radius 2 is 1.42 bits per heavy atom. The zero-order valence-electron chi connectivity index (χ0n) is 26.5. The average Bonchev–Trinajstić information content (AvgIpc) is 3.88. The van der Waals surface area contributed by atoms with E-state index < -0.39 is 0 Å². The van der Waals surface area contributed by atoms with Crippen molar-refractivity contribution in [2.45, 2.75) is 0 Å². The standard InChI is InChI=1S/C22H16N2O.C21H16N2/c1-24-20-12-13-25-22(20)21(23)17-9-4-8-16(14-17)19-11-5-7-15-6-2-3-10-18(15)19;1-22-19-10-6-5-9-16(19)17-11-12-20-18(21(17)22)13-14-23(20)15-7-3-2-4-8-15/h2-14,23H,1H2;2-14H,1H3. The van der Waals surface area contributed by atoms with Crippen molar-refractivity contribution >= 4 is 61.6 Å². The van der Waals surface area contributed by atoms with Crippen LogP contribution in [0.2, 0.25) is 0 Å². The van der Waals surface area contributed by atoms with Gasteiger partial charge in [-0.1, -0.05) is 103 Å². The van der Waals surface area contributed by atoms with Gasteiger partial charge in [-0.2, -0.15) is 0 Å². The SMILES string of the molecule is C=Nc1ccoc1C(=N)c1cccc(-c2cccc3ccccc23)c1.Cn1c2ccccc2c2ccc3c(ccn3-c3ccccc3)c21. The van der Waals surface area contributed by atoms with Gasteiger partial charge in [0.2, 0.25) is 0 Å². The number of rotatable bonds is 5. The first-order chi connectivity index (χ1) is 23.6. The average molecular weight is 621 g/mol. The van der Waals surface area contributed by atoms with Crippen LogP contribution in [0.5, 0.6) is 0 Å². The van der Waals surface area contributed by atoms with E-state index >= 15 is 0 Å². The fraction of sp³-hybridized carbons (Fsp3) is 0.0233. The first kappa shape index (κ1) is 29.0. The summed E-state index contributed by atoms with van der Waals surface area (Å²) in [5.41, 5.74) is 8.91. The Bertz CT molecular complexity index is 2610. The van der Waals surface area contributed by atoms with Gasteiger partial charge < -0.3 is 13.6 Å². The summed E-state index contributed by atoms with van der Waals surface area (Å²) in [5.74, 6) is 0.435. The lowest BCUT2D eigenvalue weighted by atomic mass is 9.95. The molecule has 48 heavy (non-hydrogen) atoms. The number of nitrogens with zero attached hydrogens (tertiary/aromatic N) is 3. The quantitative estimate of drug-likeness (QED) is 0.191. The molecule has 0 saturated heterocycles. The van der Waals surface area contributed by atoms with Crippen LogP contribution in [0.1, 0.15) is 11.3 Å². The molecule has 3 aromatic heterocycles. The van der Waals surface area contributed by atoms with Crippen LogP contribution in [0.3, 0.4) is 0 Å². The molecule has 0 amide bonds. The molecule has 3 heterocycles. The predicted molar refractivity (Wildman–Crippen MR) is 200 cm³/mol. The van der Waals surface area contributed by atoms with Gasteiger partial charge in [0.1, 0.15) is 11.4 Å². The van der Waals surface area contributed by atoms with Gasteiger partial charge in [0.25, 0.3) is 0 Å². The van der Waals surface area contributed by atoms with Crippen LogP contribution in [-0.2, 0) is 7.05 Å². The molecule has 0 aliphatic heterocycles. The van der Waals surface area contributed by atoms with Gasteiger partial charge >= 0.3 is 0 Å². The topological polar surface area (TPSA) is 59.2 Å². The van der Waals surface area contributed by atoms with E-state index in [-0.39, 0.29) is 0 Å². The molecule has 0 unspecified atom stereocenters. The van der Waals surface area contributed by atoms with Crippen molar-refractivity contribution in [2.75, 3.05) is 0 Å². The molecule has 5 nitrogen and oxygen atoms in total. The summed E-state index contributed by atoms with van der Waals surface area (Å²) in [5, 5.41) is 14.8. The lowest BCUT2D eigenvalue weighted by Crippen LogP contribution is -2.00. The second kappa shape index (κ2) is 12.0. The fourth-order valence-corrected chi connectivity index (χ4v) is 6.77. The number of aryl methyl sites for hydroxylation is 1. The zero-order valence-corrected chi connectivity index (χ0v) is 26.5. The normalized spacial score (nSPS) is 11.2. The van der Waals surface area contributed by atoms with Gasteiger partial charge in [-0.15, -0.1) is 0 Å². The molecule has 230 valence electrons. The summed E-state index contributed by atoms with van der Waals surface area (Å²) in [6.07, 6.45) is 3.69. The number of hydrogen-bond donors (Lipinski definition) is 1. The van der Waals surface area contributed by atoms with Gasteiger partial charge in [-0.25, -0.2) is 0 Å². The van der Waals surface area contributed by atoms with Crippen LogP contribution in [-0.4, -0.2) is 21.6 Å². The Morgan fingerprint density at radius 3 is 2.27 bits per heavy atom.